The van der Waals surface area contributed by atoms with Crippen molar-refractivity contribution in [2.45, 2.75) is 32.9 Å². The fraction of sp³-hybridized carbons (Fsp3) is 0.318. The molecule has 0 unspecified atom stereocenters. The van der Waals surface area contributed by atoms with Gasteiger partial charge in [0.2, 0.25) is 5.91 Å². The second-order valence-electron chi connectivity index (χ2n) is 7.10. The highest BCUT2D eigenvalue weighted by molar-refractivity contribution is 5.87. The van der Waals surface area contributed by atoms with E-state index in [0.29, 0.717) is 13.0 Å². The van der Waals surface area contributed by atoms with E-state index in [9.17, 15) is 4.79 Å². The largest absolute Gasteiger partial charge is 0.464 e. The second kappa shape index (κ2) is 8.19. The van der Waals surface area contributed by atoms with Gasteiger partial charge in [0.25, 0.3) is 0 Å². The first-order chi connectivity index (χ1) is 12.5. The standard InChI is InChI=1S/C22H26N2O2/c1-4-16-9-10-20-19(15-26-21(20)11-16)12-22(25)23-13-17-5-7-18(8-6-17)14-24(2)3/h5-11,15H,4,12-14H2,1-3H3,(H,23,25)/p+1. The van der Waals surface area contributed by atoms with Gasteiger partial charge in [-0.15, -0.1) is 0 Å². The van der Waals surface area contributed by atoms with Crippen LogP contribution in [-0.2, 0) is 30.7 Å². The van der Waals surface area contributed by atoms with Gasteiger partial charge in [-0.25, -0.2) is 0 Å². The molecule has 4 nitrogen and oxygen atoms in total. The van der Waals surface area contributed by atoms with E-state index >= 15 is 0 Å². The molecule has 2 aromatic carbocycles. The van der Waals surface area contributed by atoms with Gasteiger partial charge in [-0.3, -0.25) is 4.79 Å². The first kappa shape index (κ1) is 18.2. The molecule has 0 aliphatic heterocycles. The zero-order valence-electron chi connectivity index (χ0n) is 15.8. The Morgan fingerprint density at radius 2 is 1.73 bits per heavy atom. The van der Waals surface area contributed by atoms with Crippen molar-refractivity contribution in [3.8, 4) is 0 Å². The van der Waals surface area contributed by atoms with E-state index in [0.717, 1.165) is 35.1 Å². The summed E-state index contributed by atoms with van der Waals surface area (Å²) in [6, 6.07) is 14.6. The van der Waals surface area contributed by atoms with E-state index < -0.39 is 0 Å². The molecule has 136 valence electrons. The molecule has 0 saturated carbocycles. The molecule has 1 heterocycles. The minimum Gasteiger partial charge on any atom is -0.464 e. The fourth-order valence-electron chi connectivity index (χ4n) is 3.10. The van der Waals surface area contributed by atoms with Gasteiger partial charge in [0.1, 0.15) is 12.1 Å². The fourth-order valence-corrected chi connectivity index (χ4v) is 3.10. The second-order valence-corrected chi connectivity index (χ2v) is 7.10. The summed E-state index contributed by atoms with van der Waals surface area (Å²) < 4.78 is 5.62. The number of carbonyl (C=O) groups is 1. The number of aryl methyl sites for hydroxylation is 1. The molecule has 0 fully saturated rings. The number of carbonyl (C=O) groups excluding carboxylic acids is 1. The molecule has 26 heavy (non-hydrogen) atoms. The first-order valence-electron chi connectivity index (χ1n) is 9.17. The molecule has 0 radical (unpaired) electrons. The summed E-state index contributed by atoms with van der Waals surface area (Å²) in [6.07, 6.45) is 3.00. The van der Waals surface area contributed by atoms with E-state index in [2.05, 4.69) is 56.7 Å². The number of hydrogen-bond acceptors (Lipinski definition) is 2. The van der Waals surface area contributed by atoms with Gasteiger partial charge >= 0.3 is 0 Å². The maximum Gasteiger partial charge on any atom is 0.224 e. The lowest BCUT2D eigenvalue weighted by molar-refractivity contribution is -0.872. The number of hydrogen-bond donors (Lipinski definition) is 2. The number of benzene rings is 2. The lowest BCUT2D eigenvalue weighted by atomic mass is 10.1. The molecule has 3 rings (SSSR count). The number of amides is 1. The predicted octanol–water partition coefficient (Wildman–Crippen LogP) is 2.50. The maximum atomic E-state index is 12.3. The van der Waals surface area contributed by atoms with Crippen molar-refractivity contribution >= 4 is 16.9 Å². The topological polar surface area (TPSA) is 46.7 Å². The average molecular weight is 351 g/mol. The highest BCUT2D eigenvalue weighted by Gasteiger charge is 2.11. The van der Waals surface area contributed by atoms with Crippen molar-refractivity contribution in [2.24, 2.45) is 0 Å². The third-order valence-electron chi connectivity index (χ3n) is 4.55. The molecule has 0 atom stereocenters. The third kappa shape index (κ3) is 4.52. The monoisotopic (exact) mass is 351 g/mol. The molecule has 0 aliphatic rings. The van der Waals surface area contributed by atoms with Crippen LogP contribution in [0.15, 0.2) is 53.1 Å². The molecule has 0 aliphatic carbocycles. The average Bonchev–Trinajstić information content (AvgIpc) is 3.02. The molecular weight excluding hydrogens is 324 g/mol. The van der Waals surface area contributed by atoms with E-state index in [1.807, 2.05) is 12.1 Å². The van der Waals surface area contributed by atoms with E-state index in [1.54, 1.807) is 6.26 Å². The van der Waals surface area contributed by atoms with Gasteiger partial charge < -0.3 is 14.6 Å². The zero-order chi connectivity index (χ0) is 18.5. The Kier molecular flexibility index (Phi) is 5.74. The SMILES string of the molecule is CCc1ccc2c(CC(=O)NCc3ccc(C[NH+](C)C)cc3)coc2c1. The van der Waals surface area contributed by atoms with Gasteiger partial charge in [-0.2, -0.15) is 0 Å². The highest BCUT2D eigenvalue weighted by atomic mass is 16.3. The van der Waals surface area contributed by atoms with Gasteiger partial charge in [-0.05, 0) is 23.6 Å². The predicted molar refractivity (Wildman–Crippen MR) is 104 cm³/mol. The van der Waals surface area contributed by atoms with Crippen LogP contribution in [0, 0.1) is 0 Å². The lowest BCUT2D eigenvalue weighted by Crippen LogP contribution is -3.04. The van der Waals surface area contributed by atoms with E-state index in [4.69, 9.17) is 4.42 Å². The van der Waals surface area contributed by atoms with Crippen LogP contribution in [0.5, 0.6) is 0 Å². The van der Waals surface area contributed by atoms with Crippen LogP contribution in [0.1, 0.15) is 29.2 Å². The smallest absolute Gasteiger partial charge is 0.224 e. The third-order valence-corrected chi connectivity index (χ3v) is 4.55. The summed E-state index contributed by atoms with van der Waals surface area (Å²) in [5, 5.41) is 4.02. The maximum absolute atomic E-state index is 12.3. The molecule has 3 aromatic rings. The van der Waals surface area contributed by atoms with Crippen molar-refractivity contribution < 1.29 is 14.1 Å². The Hall–Kier alpha value is -2.59. The Morgan fingerprint density at radius 1 is 1.04 bits per heavy atom. The van der Waals surface area contributed by atoms with Crippen LogP contribution in [-0.4, -0.2) is 20.0 Å². The summed E-state index contributed by atoms with van der Waals surface area (Å²) in [5.74, 6) is 0.00841. The van der Waals surface area contributed by atoms with Gasteiger partial charge in [0, 0.05) is 23.1 Å². The summed E-state index contributed by atoms with van der Waals surface area (Å²) >= 11 is 0. The molecule has 0 spiro atoms. The van der Waals surface area contributed by atoms with E-state index in [-0.39, 0.29) is 5.91 Å². The van der Waals surface area contributed by atoms with Crippen LogP contribution >= 0.6 is 0 Å². The molecule has 0 saturated heterocycles. The molecule has 2 N–H and O–H groups in total. The summed E-state index contributed by atoms with van der Waals surface area (Å²) in [5.41, 5.74) is 5.44. The Balaban J connectivity index is 1.57. The van der Waals surface area contributed by atoms with Crippen molar-refractivity contribution in [1.82, 2.24) is 5.32 Å². The first-order valence-corrected chi connectivity index (χ1v) is 9.17. The molecular formula is C22H27N2O2+. The van der Waals surface area contributed by atoms with Gasteiger partial charge in [0.05, 0.1) is 26.8 Å². The Bertz CT molecular complexity index is 879. The normalized spacial score (nSPS) is 11.2. The van der Waals surface area contributed by atoms with Crippen molar-refractivity contribution in [3.63, 3.8) is 0 Å². The minimum absolute atomic E-state index is 0.00841. The van der Waals surface area contributed by atoms with Crippen molar-refractivity contribution in [1.29, 1.82) is 0 Å². The highest BCUT2D eigenvalue weighted by Crippen LogP contribution is 2.23. The molecule has 0 bridgehead atoms. The van der Waals surface area contributed by atoms with Crippen molar-refractivity contribution in [3.05, 3.63) is 71.0 Å². The Labute approximate surface area is 154 Å². The number of quaternary nitrogens is 1. The van der Waals surface area contributed by atoms with Crippen LogP contribution in [0.2, 0.25) is 0 Å². The number of fused-ring (bicyclic) bond motifs is 1. The van der Waals surface area contributed by atoms with E-state index in [1.165, 1.54) is 16.0 Å². The van der Waals surface area contributed by atoms with Gasteiger partial charge in [0.15, 0.2) is 0 Å². The minimum atomic E-state index is 0.00841. The van der Waals surface area contributed by atoms with Crippen LogP contribution < -0.4 is 10.2 Å². The number of nitrogens with one attached hydrogen (secondary N) is 2. The van der Waals surface area contributed by atoms with Crippen LogP contribution in [0.3, 0.4) is 0 Å². The van der Waals surface area contributed by atoms with Crippen molar-refractivity contribution in [2.75, 3.05) is 14.1 Å². The van der Waals surface area contributed by atoms with Gasteiger partial charge in [-0.1, -0.05) is 43.3 Å². The van der Waals surface area contributed by atoms with Crippen LogP contribution in [0.4, 0.5) is 0 Å². The molecule has 1 amide bonds. The summed E-state index contributed by atoms with van der Waals surface area (Å²) in [4.78, 5) is 13.7. The lowest BCUT2D eigenvalue weighted by Gasteiger charge is -2.09. The molecule has 4 heteroatoms. The Morgan fingerprint density at radius 3 is 2.42 bits per heavy atom. The summed E-state index contributed by atoms with van der Waals surface area (Å²) in [6.45, 7) is 3.66. The summed E-state index contributed by atoms with van der Waals surface area (Å²) in [7, 11) is 4.27. The quantitative estimate of drug-likeness (QED) is 0.687. The number of rotatable bonds is 7. The number of furan rings is 1. The zero-order valence-corrected chi connectivity index (χ0v) is 15.8. The molecule has 1 aromatic heterocycles. The van der Waals surface area contributed by atoms with Crippen LogP contribution in [0.25, 0.3) is 11.0 Å².